The highest BCUT2D eigenvalue weighted by atomic mass is 35.5. The van der Waals surface area contributed by atoms with Crippen molar-refractivity contribution in [1.29, 1.82) is 0 Å². The highest BCUT2D eigenvalue weighted by molar-refractivity contribution is 6.30. The lowest BCUT2D eigenvalue weighted by molar-refractivity contribution is -0.136. The normalized spacial score (nSPS) is 11.1. The third-order valence-electron chi connectivity index (χ3n) is 2.51. The maximum Gasteiger partial charge on any atom is 0.418 e. The number of amides is 3. The number of furan rings is 1. The molecule has 9 heteroatoms. The van der Waals surface area contributed by atoms with E-state index in [-0.39, 0.29) is 10.8 Å². The van der Waals surface area contributed by atoms with Gasteiger partial charge >= 0.3 is 12.2 Å². The Morgan fingerprint density at radius 2 is 1.91 bits per heavy atom. The zero-order valence-corrected chi connectivity index (χ0v) is 11.5. The summed E-state index contributed by atoms with van der Waals surface area (Å²) < 4.78 is 43.3. The summed E-state index contributed by atoms with van der Waals surface area (Å²) in [5.74, 6) is -1.03. The minimum atomic E-state index is -4.71. The molecule has 3 amide bonds. The first-order chi connectivity index (χ1) is 10.3. The van der Waals surface area contributed by atoms with Gasteiger partial charge in [-0.05, 0) is 30.3 Å². The van der Waals surface area contributed by atoms with Crippen molar-refractivity contribution in [2.75, 3.05) is 5.32 Å². The number of nitrogens with one attached hydrogen (secondary N) is 2. The van der Waals surface area contributed by atoms with Crippen molar-refractivity contribution in [3.05, 3.63) is 52.9 Å². The van der Waals surface area contributed by atoms with Gasteiger partial charge in [-0.2, -0.15) is 13.2 Å². The summed E-state index contributed by atoms with van der Waals surface area (Å²) in [4.78, 5) is 23.1. The Kier molecular flexibility index (Phi) is 4.41. The first-order valence-electron chi connectivity index (χ1n) is 5.80. The van der Waals surface area contributed by atoms with Gasteiger partial charge in [0.25, 0.3) is 5.91 Å². The number of rotatable bonds is 2. The minimum absolute atomic E-state index is 0.134. The molecule has 0 fully saturated rings. The fourth-order valence-electron chi connectivity index (χ4n) is 1.59. The predicted molar refractivity (Wildman–Crippen MR) is 71.6 cm³/mol. The van der Waals surface area contributed by atoms with Gasteiger partial charge in [0.1, 0.15) is 0 Å². The second-order valence-electron chi connectivity index (χ2n) is 4.07. The molecule has 2 aromatic rings. The van der Waals surface area contributed by atoms with Crippen LogP contribution in [0.25, 0.3) is 0 Å². The zero-order chi connectivity index (χ0) is 16.3. The van der Waals surface area contributed by atoms with Crippen molar-refractivity contribution < 1.29 is 27.2 Å². The third kappa shape index (κ3) is 3.79. The van der Waals surface area contributed by atoms with E-state index in [1.807, 2.05) is 10.6 Å². The van der Waals surface area contributed by atoms with Crippen molar-refractivity contribution >= 4 is 29.2 Å². The van der Waals surface area contributed by atoms with Crippen LogP contribution in [0.4, 0.5) is 23.7 Å². The third-order valence-corrected chi connectivity index (χ3v) is 2.74. The quantitative estimate of drug-likeness (QED) is 0.875. The van der Waals surface area contributed by atoms with E-state index in [0.29, 0.717) is 6.07 Å². The number of imide groups is 1. The van der Waals surface area contributed by atoms with Crippen molar-refractivity contribution in [2.24, 2.45) is 0 Å². The summed E-state index contributed by atoms with van der Waals surface area (Å²) in [6.45, 7) is 0. The second kappa shape index (κ2) is 6.10. The van der Waals surface area contributed by atoms with Gasteiger partial charge in [0.2, 0.25) is 0 Å². The number of hydrogen-bond donors (Lipinski definition) is 2. The molecule has 5 nitrogen and oxygen atoms in total. The van der Waals surface area contributed by atoms with E-state index in [0.717, 1.165) is 6.07 Å². The Labute approximate surface area is 127 Å². The lowest BCUT2D eigenvalue weighted by atomic mass is 10.1. The van der Waals surface area contributed by atoms with Crippen molar-refractivity contribution in [3.63, 3.8) is 0 Å². The van der Waals surface area contributed by atoms with Crippen LogP contribution < -0.4 is 10.6 Å². The molecule has 0 saturated heterocycles. The number of carbonyl (C=O) groups is 2. The number of anilines is 1. The van der Waals surface area contributed by atoms with Crippen molar-refractivity contribution in [1.82, 2.24) is 5.32 Å². The smallest absolute Gasteiger partial charge is 0.418 e. The van der Waals surface area contributed by atoms with Gasteiger partial charge in [-0.3, -0.25) is 10.1 Å². The van der Waals surface area contributed by atoms with Crippen LogP contribution in [0, 0.1) is 0 Å². The summed E-state index contributed by atoms with van der Waals surface area (Å²) >= 11 is 5.52. The van der Waals surface area contributed by atoms with Crippen LogP contribution in [-0.4, -0.2) is 11.9 Å². The van der Waals surface area contributed by atoms with Gasteiger partial charge in [0.15, 0.2) is 5.76 Å². The van der Waals surface area contributed by atoms with E-state index >= 15 is 0 Å². The number of urea groups is 1. The fraction of sp³-hybridized carbons (Fsp3) is 0.0769. The molecule has 0 aliphatic rings. The lowest BCUT2D eigenvalue weighted by Gasteiger charge is -2.14. The average molecular weight is 333 g/mol. The Morgan fingerprint density at radius 3 is 2.50 bits per heavy atom. The Hall–Kier alpha value is -2.48. The molecule has 0 aliphatic carbocycles. The van der Waals surface area contributed by atoms with Crippen LogP contribution in [0.3, 0.4) is 0 Å². The van der Waals surface area contributed by atoms with Gasteiger partial charge in [-0.1, -0.05) is 11.6 Å². The second-order valence-corrected chi connectivity index (χ2v) is 4.51. The molecule has 0 bridgehead atoms. The fourth-order valence-corrected chi connectivity index (χ4v) is 1.76. The number of alkyl halides is 3. The molecule has 0 aliphatic heterocycles. The van der Waals surface area contributed by atoms with E-state index < -0.39 is 29.4 Å². The van der Waals surface area contributed by atoms with Gasteiger partial charge in [-0.15, -0.1) is 0 Å². The Bertz CT molecular complexity index is 699. The largest absolute Gasteiger partial charge is 0.459 e. The zero-order valence-electron chi connectivity index (χ0n) is 10.7. The first kappa shape index (κ1) is 15.9. The molecular weight excluding hydrogens is 325 g/mol. The molecule has 1 heterocycles. The van der Waals surface area contributed by atoms with Crippen LogP contribution >= 0.6 is 11.6 Å². The van der Waals surface area contributed by atoms with Crippen LogP contribution in [0.15, 0.2) is 41.0 Å². The van der Waals surface area contributed by atoms with Gasteiger partial charge < -0.3 is 9.73 Å². The van der Waals surface area contributed by atoms with E-state index in [4.69, 9.17) is 16.0 Å². The van der Waals surface area contributed by atoms with E-state index in [1.165, 1.54) is 24.5 Å². The topological polar surface area (TPSA) is 71.3 Å². The SMILES string of the molecule is O=C(NC(=O)c1ccco1)Nc1ccc(Cl)cc1C(F)(F)F. The highest BCUT2D eigenvalue weighted by Crippen LogP contribution is 2.36. The maximum atomic E-state index is 12.9. The summed E-state index contributed by atoms with van der Waals surface area (Å²) in [6.07, 6.45) is -3.49. The highest BCUT2D eigenvalue weighted by Gasteiger charge is 2.34. The molecule has 116 valence electrons. The molecule has 1 aromatic carbocycles. The van der Waals surface area contributed by atoms with Gasteiger partial charge in [0, 0.05) is 5.02 Å². The van der Waals surface area contributed by atoms with Gasteiger partial charge in [-0.25, -0.2) is 4.79 Å². The number of halogens is 4. The number of carbonyl (C=O) groups excluding carboxylic acids is 2. The van der Waals surface area contributed by atoms with Crippen LogP contribution in [0.2, 0.25) is 5.02 Å². The van der Waals surface area contributed by atoms with E-state index in [1.54, 1.807) is 0 Å². The molecule has 22 heavy (non-hydrogen) atoms. The van der Waals surface area contributed by atoms with E-state index in [9.17, 15) is 22.8 Å². The van der Waals surface area contributed by atoms with E-state index in [2.05, 4.69) is 0 Å². The predicted octanol–water partition coefficient (Wildman–Crippen LogP) is 3.91. The molecule has 2 rings (SSSR count). The van der Waals surface area contributed by atoms with Crippen molar-refractivity contribution in [2.45, 2.75) is 6.18 Å². The molecule has 2 N–H and O–H groups in total. The monoisotopic (exact) mass is 332 g/mol. The molecule has 0 spiro atoms. The standard InChI is InChI=1S/C13H8ClF3N2O3/c14-7-3-4-9(8(6-7)13(15,16)17)18-12(21)19-11(20)10-2-1-5-22-10/h1-6H,(H2,18,19,20,21). The number of hydrogen-bond acceptors (Lipinski definition) is 3. The molecule has 0 unspecified atom stereocenters. The minimum Gasteiger partial charge on any atom is -0.459 e. The summed E-state index contributed by atoms with van der Waals surface area (Å²) in [5.41, 5.74) is -1.65. The lowest BCUT2D eigenvalue weighted by Crippen LogP contribution is -2.34. The van der Waals surface area contributed by atoms with Crippen LogP contribution in [0.5, 0.6) is 0 Å². The Balaban J connectivity index is 2.14. The molecule has 0 saturated carbocycles. The molecule has 0 radical (unpaired) electrons. The molecule has 0 atom stereocenters. The Morgan fingerprint density at radius 1 is 1.18 bits per heavy atom. The van der Waals surface area contributed by atoms with Crippen molar-refractivity contribution in [3.8, 4) is 0 Å². The number of benzene rings is 1. The van der Waals surface area contributed by atoms with Crippen LogP contribution in [0.1, 0.15) is 16.1 Å². The molecule has 1 aromatic heterocycles. The summed E-state index contributed by atoms with van der Waals surface area (Å²) in [5, 5.41) is 3.65. The summed E-state index contributed by atoms with van der Waals surface area (Å²) in [6, 6.07) is 4.43. The molecular formula is C13H8ClF3N2O3. The average Bonchev–Trinajstić information content (AvgIpc) is 2.93. The van der Waals surface area contributed by atoms with Gasteiger partial charge in [0.05, 0.1) is 17.5 Å². The van der Waals surface area contributed by atoms with Crippen LogP contribution in [-0.2, 0) is 6.18 Å². The first-order valence-corrected chi connectivity index (χ1v) is 6.18. The summed E-state index contributed by atoms with van der Waals surface area (Å²) in [7, 11) is 0. The maximum absolute atomic E-state index is 12.9.